The number of imidazole rings is 1. The van der Waals surface area contributed by atoms with E-state index in [1.807, 2.05) is 12.4 Å². The van der Waals surface area contributed by atoms with E-state index < -0.39 is 0 Å². The summed E-state index contributed by atoms with van der Waals surface area (Å²) in [6.45, 7) is -0.0740. The number of fused-ring (bicyclic) bond motifs is 1. The van der Waals surface area contributed by atoms with Gasteiger partial charge in [-0.05, 0) is 18.9 Å². The molecule has 0 amide bonds. The van der Waals surface area contributed by atoms with Crippen molar-refractivity contribution < 1.29 is 5.11 Å². The highest BCUT2D eigenvalue weighted by molar-refractivity contribution is 5.75. The largest absolute Gasteiger partial charge is 0.394 e. The topological polar surface area (TPSA) is 77.0 Å². The molecule has 5 nitrogen and oxygen atoms in total. The number of nitrogens with two attached hydrogens (primary N) is 1. The Morgan fingerprint density at radius 1 is 1.50 bits per heavy atom. The van der Waals surface area contributed by atoms with Crippen molar-refractivity contribution in [3.63, 3.8) is 0 Å². The molecule has 1 fully saturated rings. The van der Waals surface area contributed by atoms with Crippen LogP contribution >= 0.6 is 0 Å². The third-order valence-electron chi connectivity index (χ3n) is 3.03. The Morgan fingerprint density at radius 2 is 2.31 bits per heavy atom. The fourth-order valence-corrected chi connectivity index (χ4v) is 1.97. The van der Waals surface area contributed by atoms with Gasteiger partial charge in [-0.3, -0.25) is 0 Å². The minimum Gasteiger partial charge on any atom is -0.394 e. The minimum absolute atomic E-state index is 0.0740. The molecule has 2 heterocycles. The van der Waals surface area contributed by atoms with Crippen molar-refractivity contribution in [3.8, 4) is 0 Å². The van der Waals surface area contributed by atoms with Crippen molar-refractivity contribution in [2.24, 2.45) is 5.73 Å². The zero-order valence-corrected chi connectivity index (χ0v) is 8.87. The van der Waals surface area contributed by atoms with Crippen LogP contribution in [0, 0.1) is 0 Å². The van der Waals surface area contributed by atoms with Crippen LogP contribution in [0.5, 0.6) is 0 Å². The van der Waals surface area contributed by atoms with E-state index in [4.69, 9.17) is 10.8 Å². The average Bonchev–Trinajstić information content (AvgIpc) is 3.07. The molecule has 84 valence electrons. The second-order valence-electron chi connectivity index (χ2n) is 4.24. The molecule has 1 unspecified atom stereocenters. The number of pyridine rings is 1. The third kappa shape index (κ3) is 1.40. The van der Waals surface area contributed by atoms with Gasteiger partial charge in [-0.2, -0.15) is 0 Å². The zero-order valence-electron chi connectivity index (χ0n) is 8.87. The summed E-state index contributed by atoms with van der Waals surface area (Å²) in [7, 11) is 0. The van der Waals surface area contributed by atoms with Crippen LogP contribution in [-0.2, 0) is 0 Å². The van der Waals surface area contributed by atoms with Crippen LogP contribution in [-0.4, -0.2) is 26.2 Å². The molecule has 0 spiro atoms. The summed E-state index contributed by atoms with van der Waals surface area (Å²) in [5, 5.41) is 9.10. The molecule has 1 atom stereocenters. The minimum atomic E-state index is -0.381. The first-order valence-corrected chi connectivity index (χ1v) is 5.49. The molecule has 3 N–H and O–H groups in total. The van der Waals surface area contributed by atoms with Crippen LogP contribution in [0.25, 0.3) is 11.2 Å². The van der Waals surface area contributed by atoms with Crippen molar-refractivity contribution in [1.82, 2.24) is 14.5 Å². The van der Waals surface area contributed by atoms with E-state index in [2.05, 4.69) is 14.5 Å². The van der Waals surface area contributed by atoms with E-state index >= 15 is 0 Å². The number of aromatic nitrogens is 3. The number of hydrogen-bond donors (Lipinski definition) is 2. The molecule has 0 radical (unpaired) electrons. The van der Waals surface area contributed by atoms with E-state index in [0.717, 1.165) is 16.7 Å². The molecule has 0 aromatic carbocycles. The predicted octanol–water partition coefficient (Wildman–Crippen LogP) is 0.758. The maximum absolute atomic E-state index is 9.10. The van der Waals surface area contributed by atoms with Crippen molar-refractivity contribution in [1.29, 1.82) is 0 Å². The third-order valence-corrected chi connectivity index (χ3v) is 3.03. The number of aliphatic hydroxyl groups excluding tert-OH is 1. The molecule has 0 aliphatic heterocycles. The Hall–Kier alpha value is -1.46. The smallest absolute Gasteiger partial charge is 0.160 e. The first kappa shape index (κ1) is 9.74. The van der Waals surface area contributed by atoms with Gasteiger partial charge in [0.05, 0.1) is 19.0 Å². The van der Waals surface area contributed by atoms with E-state index in [9.17, 15) is 0 Å². The highest BCUT2D eigenvalue weighted by atomic mass is 16.3. The van der Waals surface area contributed by atoms with Crippen molar-refractivity contribution >= 4 is 11.2 Å². The van der Waals surface area contributed by atoms with E-state index in [1.54, 1.807) is 6.20 Å². The summed E-state index contributed by atoms with van der Waals surface area (Å²) in [6, 6.07) is 2.00. The Morgan fingerprint density at radius 3 is 3.00 bits per heavy atom. The Kier molecular flexibility index (Phi) is 2.15. The van der Waals surface area contributed by atoms with Crippen LogP contribution in [0.4, 0.5) is 0 Å². The van der Waals surface area contributed by atoms with Gasteiger partial charge < -0.3 is 15.4 Å². The lowest BCUT2D eigenvalue weighted by atomic mass is 10.1. The lowest BCUT2D eigenvalue weighted by molar-refractivity contribution is 0.268. The van der Waals surface area contributed by atoms with Gasteiger partial charge in [0, 0.05) is 17.8 Å². The van der Waals surface area contributed by atoms with Gasteiger partial charge in [0.15, 0.2) is 5.65 Å². The fraction of sp³-hybridized carbons (Fsp3) is 0.455. The van der Waals surface area contributed by atoms with Crippen LogP contribution in [0.2, 0.25) is 0 Å². The lowest BCUT2D eigenvalue weighted by Gasteiger charge is -2.08. The number of aliphatic hydroxyl groups is 1. The predicted molar refractivity (Wildman–Crippen MR) is 59.8 cm³/mol. The summed E-state index contributed by atoms with van der Waals surface area (Å²) >= 11 is 0. The molecular weight excluding hydrogens is 204 g/mol. The summed E-state index contributed by atoms with van der Waals surface area (Å²) in [4.78, 5) is 8.70. The fourth-order valence-electron chi connectivity index (χ4n) is 1.97. The van der Waals surface area contributed by atoms with Gasteiger partial charge in [0.2, 0.25) is 0 Å². The molecule has 16 heavy (non-hydrogen) atoms. The summed E-state index contributed by atoms with van der Waals surface area (Å²) in [5.74, 6) is 0. The Labute approximate surface area is 92.9 Å². The summed E-state index contributed by atoms with van der Waals surface area (Å²) < 4.78 is 2.10. The van der Waals surface area contributed by atoms with Gasteiger partial charge in [0.25, 0.3) is 0 Å². The molecular formula is C11H14N4O. The maximum Gasteiger partial charge on any atom is 0.160 e. The van der Waals surface area contributed by atoms with Crippen LogP contribution in [0.1, 0.15) is 30.5 Å². The molecule has 2 aromatic heterocycles. The second-order valence-corrected chi connectivity index (χ2v) is 4.24. The summed E-state index contributed by atoms with van der Waals surface area (Å²) in [5.41, 5.74) is 8.40. The normalized spacial score (nSPS) is 17.9. The maximum atomic E-state index is 9.10. The van der Waals surface area contributed by atoms with Gasteiger partial charge >= 0.3 is 0 Å². The second kappa shape index (κ2) is 3.54. The summed E-state index contributed by atoms with van der Waals surface area (Å²) in [6.07, 6.45) is 5.95. The van der Waals surface area contributed by atoms with Crippen LogP contribution in [0.3, 0.4) is 0 Å². The standard InChI is InChI=1S/C11H14N4O/c12-9(5-16)8-3-4-13-11-10(8)14-6-15(11)7-1-2-7/h3-4,6-7,9,16H,1-2,5,12H2. The first-order chi connectivity index (χ1) is 7.81. The van der Waals surface area contributed by atoms with Gasteiger partial charge in [-0.25, -0.2) is 9.97 Å². The quantitative estimate of drug-likeness (QED) is 0.797. The molecule has 2 aromatic rings. The molecule has 1 saturated carbocycles. The number of rotatable bonds is 3. The van der Waals surface area contributed by atoms with Crippen LogP contribution in [0.15, 0.2) is 18.6 Å². The van der Waals surface area contributed by atoms with Crippen molar-refractivity contribution in [3.05, 3.63) is 24.2 Å². The molecule has 0 bridgehead atoms. The van der Waals surface area contributed by atoms with Crippen LogP contribution < -0.4 is 5.73 Å². The van der Waals surface area contributed by atoms with Gasteiger partial charge in [-0.1, -0.05) is 0 Å². The zero-order chi connectivity index (χ0) is 11.1. The number of nitrogens with zero attached hydrogens (tertiary/aromatic N) is 3. The van der Waals surface area contributed by atoms with Crippen molar-refractivity contribution in [2.75, 3.05) is 6.61 Å². The van der Waals surface area contributed by atoms with Gasteiger partial charge in [0.1, 0.15) is 5.52 Å². The number of hydrogen-bond acceptors (Lipinski definition) is 4. The molecule has 5 heteroatoms. The van der Waals surface area contributed by atoms with E-state index in [1.165, 1.54) is 12.8 Å². The molecule has 1 aliphatic carbocycles. The SMILES string of the molecule is NC(CO)c1ccnc2c1ncn2C1CC1. The highest BCUT2D eigenvalue weighted by Crippen LogP contribution is 2.37. The highest BCUT2D eigenvalue weighted by Gasteiger charge is 2.26. The molecule has 1 aliphatic rings. The first-order valence-electron chi connectivity index (χ1n) is 5.49. The Balaban J connectivity index is 2.16. The molecule has 3 rings (SSSR count). The lowest BCUT2D eigenvalue weighted by Crippen LogP contribution is -2.15. The average molecular weight is 218 g/mol. The van der Waals surface area contributed by atoms with Crippen molar-refractivity contribution in [2.45, 2.75) is 24.9 Å². The van der Waals surface area contributed by atoms with E-state index in [0.29, 0.717) is 6.04 Å². The van der Waals surface area contributed by atoms with E-state index in [-0.39, 0.29) is 12.6 Å². The Bertz CT molecular complexity index is 518. The van der Waals surface area contributed by atoms with Gasteiger partial charge in [-0.15, -0.1) is 0 Å². The molecule has 0 saturated heterocycles. The monoisotopic (exact) mass is 218 g/mol.